The molecule has 0 unspecified atom stereocenters. The van der Waals surface area contributed by atoms with Gasteiger partial charge in [0.1, 0.15) is 9.88 Å². The fourth-order valence-electron chi connectivity index (χ4n) is 1.64. The van der Waals surface area contributed by atoms with Crippen LogP contribution in [0.2, 0.25) is 0 Å². The van der Waals surface area contributed by atoms with E-state index in [4.69, 9.17) is 21.7 Å². The summed E-state index contributed by atoms with van der Waals surface area (Å²) < 4.78 is 9.47. The molecule has 0 aliphatic rings. The average molecular weight is 330 g/mol. The van der Waals surface area contributed by atoms with Gasteiger partial charge in [0.25, 0.3) is 0 Å². The highest BCUT2D eigenvalue weighted by atomic mass is 32.1. The van der Waals surface area contributed by atoms with Crippen LogP contribution < -0.4 is 10.6 Å². The zero-order valence-corrected chi connectivity index (χ0v) is 14.2. The Morgan fingerprint density at radius 1 is 1.19 bits per heavy atom. The van der Waals surface area contributed by atoms with E-state index in [0.717, 1.165) is 11.3 Å². The van der Waals surface area contributed by atoms with E-state index in [1.165, 1.54) is 14.2 Å². The van der Waals surface area contributed by atoms with Crippen molar-refractivity contribution in [2.75, 3.05) is 19.5 Å². The third-order valence-electron chi connectivity index (χ3n) is 2.55. The van der Waals surface area contributed by atoms with Crippen LogP contribution in [-0.2, 0) is 9.47 Å². The van der Waals surface area contributed by atoms with E-state index < -0.39 is 11.9 Å². The average Bonchev–Trinajstić information content (AvgIpc) is 2.72. The lowest BCUT2D eigenvalue weighted by Gasteiger charge is -2.12. The number of hydrogen-bond donors (Lipinski definition) is 2. The maximum absolute atomic E-state index is 11.9. The quantitative estimate of drug-likeness (QED) is 0.648. The number of nitrogens with one attached hydrogen (secondary N) is 2. The molecule has 116 valence electrons. The van der Waals surface area contributed by atoms with Crippen molar-refractivity contribution in [1.82, 2.24) is 5.32 Å². The summed E-state index contributed by atoms with van der Waals surface area (Å²) in [7, 11) is 2.57. The summed E-state index contributed by atoms with van der Waals surface area (Å²) in [5.41, 5.74) is 0.796. The fraction of sp³-hybridized carbons (Fsp3) is 0.462. The Morgan fingerprint density at radius 3 is 2.24 bits per heavy atom. The van der Waals surface area contributed by atoms with Gasteiger partial charge in [-0.2, -0.15) is 0 Å². The van der Waals surface area contributed by atoms with E-state index in [0.29, 0.717) is 20.6 Å². The number of rotatable bonds is 4. The van der Waals surface area contributed by atoms with Gasteiger partial charge in [-0.1, -0.05) is 0 Å². The number of esters is 2. The molecule has 8 heteroatoms. The molecule has 6 nitrogen and oxygen atoms in total. The summed E-state index contributed by atoms with van der Waals surface area (Å²) >= 11 is 6.26. The molecule has 1 rings (SSSR count). The molecule has 0 aliphatic heterocycles. The summed E-state index contributed by atoms with van der Waals surface area (Å²) in [4.78, 5) is 24.0. The van der Waals surface area contributed by atoms with Gasteiger partial charge < -0.3 is 20.1 Å². The van der Waals surface area contributed by atoms with Gasteiger partial charge in [-0.3, -0.25) is 0 Å². The number of thiocarbonyl (C=S) groups is 1. The van der Waals surface area contributed by atoms with Crippen LogP contribution in [0.15, 0.2) is 0 Å². The van der Waals surface area contributed by atoms with Gasteiger partial charge in [-0.25, -0.2) is 9.59 Å². The van der Waals surface area contributed by atoms with Crippen LogP contribution in [0.3, 0.4) is 0 Å². The van der Waals surface area contributed by atoms with Gasteiger partial charge in [-0.05, 0) is 38.6 Å². The van der Waals surface area contributed by atoms with Crippen LogP contribution in [0.5, 0.6) is 0 Å². The van der Waals surface area contributed by atoms with Crippen molar-refractivity contribution in [3.63, 3.8) is 0 Å². The third kappa shape index (κ3) is 4.15. The number of anilines is 1. The number of carbonyl (C=O) groups is 2. The van der Waals surface area contributed by atoms with Crippen molar-refractivity contribution in [1.29, 1.82) is 0 Å². The lowest BCUT2D eigenvalue weighted by atomic mass is 10.1. The molecule has 1 heterocycles. The Balaban J connectivity index is 3.20. The molecule has 1 aromatic heterocycles. The minimum atomic E-state index is -0.534. The number of methoxy groups -OCH3 is 2. The Bertz CT molecular complexity index is 567. The topological polar surface area (TPSA) is 76.7 Å². The predicted octanol–water partition coefficient (Wildman–Crippen LogP) is 2.32. The Hall–Kier alpha value is -1.67. The first kappa shape index (κ1) is 17.4. The molecule has 0 saturated heterocycles. The van der Waals surface area contributed by atoms with Crippen LogP contribution in [0.4, 0.5) is 5.00 Å². The normalized spacial score (nSPS) is 10.2. The number of ether oxygens (including phenoxy) is 2. The number of hydrogen-bond acceptors (Lipinski definition) is 6. The Kier molecular flexibility index (Phi) is 6.10. The standard InChI is InChI=1S/C13H18N2O4S2/c1-6(2)14-13(20)15-10-8(11(16)18-4)7(3)9(21-10)12(17)19-5/h6H,1-5H3,(H2,14,15,20). The summed E-state index contributed by atoms with van der Waals surface area (Å²) in [6, 6.07) is 0.146. The summed E-state index contributed by atoms with van der Waals surface area (Å²) in [6.45, 7) is 5.54. The van der Waals surface area contributed by atoms with Crippen LogP contribution in [0, 0.1) is 6.92 Å². The molecule has 0 amide bonds. The van der Waals surface area contributed by atoms with Crippen molar-refractivity contribution < 1.29 is 19.1 Å². The second-order valence-corrected chi connectivity index (χ2v) is 5.93. The van der Waals surface area contributed by atoms with Crippen LogP contribution in [-0.4, -0.2) is 37.3 Å². The van der Waals surface area contributed by atoms with Crippen molar-refractivity contribution in [3.05, 3.63) is 16.0 Å². The van der Waals surface area contributed by atoms with Gasteiger partial charge in [0, 0.05) is 6.04 Å². The second-order valence-electron chi connectivity index (χ2n) is 4.50. The molecule has 0 aromatic carbocycles. The van der Waals surface area contributed by atoms with Gasteiger partial charge in [0.05, 0.1) is 19.8 Å². The lowest BCUT2D eigenvalue weighted by molar-refractivity contribution is 0.0601. The summed E-state index contributed by atoms with van der Waals surface area (Å²) in [5.74, 6) is -1.04. The highest BCUT2D eigenvalue weighted by Gasteiger charge is 2.26. The molecule has 0 atom stereocenters. The minimum absolute atomic E-state index is 0.146. The molecule has 0 aliphatic carbocycles. The van der Waals surface area contributed by atoms with Crippen LogP contribution in [0.1, 0.15) is 39.4 Å². The van der Waals surface area contributed by atoms with Crippen molar-refractivity contribution in [2.24, 2.45) is 0 Å². The highest BCUT2D eigenvalue weighted by molar-refractivity contribution is 7.80. The molecular weight excluding hydrogens is 312 g/mol. The third-order valence-corrected chi connectivity index (χ3v) is 3.96. The van der Waals surface area contributed by atoms with Gasteiger partial charge >= 0.3 is 11.9 Å². The van der Waals surface area contributed by atoms with E-state index in [1.807, 2.05) is 13.8 Å². The second kappa shape index (κ2) is 7.37. The largest absolute Gasteiger partial charge is 0.465 e. The molecular formula is C13H18N2O4S2. The lowest BCUT2D eigenvalue weighted by Crippen LogP contribution is -2.34. The van der Waals surface area contributed by atoms with Crippen LogP contribution in [0.25, 0.3) is 0 Å². The minimum Gasteiger partial charge on any atom is -0.465 e. The van der Waals surface area contributed by atoms with E-state index in [1.54, 1.807) is 6.92 Å². The van der Waals surface area contributed by atoms with Gasteiger partial charge in [0.2, 0.25) is 0 Å². The molecule has 0 saturated carbocycles. The monoisotopic (exact) mass is 330 g/mol. The predicted molar refractivity (Wildman–Crippen MR) is 86.2 cm³/mol. The number of thiophene rings is 1. The van der Waals surface area contributed by atoms with Crippen LogP contribution >= 0.6 is 23.6 Å². The van der Waals surface area contributed by atoms with Gasteiger partial charge in [0.15, 0.2) is 5.11 Å². The molecule has 0 bridgehead atoms. The zero-order chi connectivity index (χ0) is 16.2. The molecule has 0 fully saturated rings. The number of carbonyl (C=O) groups excluding carboxylic acids is 2. The van der Waals surface area contributed by atoms with E-state index >= 15 is 0 Å². The fourth-order valence-corrected chi connectivity index (χ4v) is 3.16. The van der Waals surface area contributed by atoms with E-state index in [9.17, 15) is 9.59 Å². The SMILES string of the molecule is COC(=O)c1sc(NC(=S)NC(C)C)c(C(=O)OC)c1C. The zero-order valence-electron chi connectivity index (χ0n) is 12.5. The van der Waals surface area contributed by atoms with Crippen molar-refractivity contribution in [2.45, 2.75) is 26.8 Å². The maximum Gasteiger partial charge on any atom is 0.348 e. The Labute approximate surface area is 132 Å². The first-order valence-corrected chi connectivity index (χ1v) is 7.41. The Morgan fingerprint density at radius 2 is 1.76 bits per heavy atom. The van der Waals surface area contributed by atoms with Crippen molar-refractivity contribution >= 4 is 45.6 Å². The molecule has 1 aromatic rings. The molecule has 21 heavy (non-hydrogen) atoms. The molecule has 0 radical (unpaired) electrons. The van der Waals surface area contributed by atoms with Crippen molar-refractivity contribution in [3.8, 4) is 0 Å². The smallest absolute Gasteiger partial charge is 0.348 e. The highest BCUT2D eigenvalue weighted by Crippen LogP contribution is 2.34. The first-order chi connectivity index (χ1) is 9.81. The van der Waals surface area contributed by atoms with E-state index in [-0.39, 0.29) is 11.6 Å². The maximum atomic E-state index is 11.9. The van der Waals surface area contributed by atoms with Gasteiger partial charge in [-0.15, -0.1) is 11.3 Å². The summed E-state index contributed by atoms with van der Waals surface area (Å²) in [5, 5.41) is 6.76. The first-order valence-electron chi connectivity index (χ1n) is 6.19. The van der Waals surface area contributed by atoms with E-state index in [2.05, 4.69) is 10.6 Å². The summed E-state index contributed by atoms with van der Waals surface area (Å²) in [6.07, 6.45) is 0. The molecule has 2 N–H and O–H groups in total. The molecule has 0 spiro atoms.